The van der Waals surface area contributed by atoms with E-state index in [1.165, 1.54) is 5.56 Å². The molecule has 21 heavy (non-hydrogen) atoms. The van der Waals surface area contributed by atoms with Crippen LogP contribution >= 0.6 is 11.6 Å². The quantitative estimate of drug-likeness (QED) is 0.769. The molecule has 0 spiro atoms. The van der Waals surface area contributed by atoms with E-state index in [1.54, 1.807) is 27.4 Å². The second kappa shape index (κ2) is 6.72. The number of benzene rings is 2. The summed E-state index contributed by atoms with van der Waals surface area (Å²) in [5, 5.41) is -0.319. The first-order chi connectivity index (χ1) is 10.1. The molecule has 4 heteroatoms. The van der Waals surface area contributed by atoms with Crippen molar-refractivity contribution in [2.45, 2.75) is 12.3 Å². The standard InChI is InChI=1S/C17H19ClO3/c1-11-5-7-12(8-6-11)17(18)13-9-15(20-3)16(21-4)10-14(13)19-2/h5-10,17H,1-4H3. The van der Waals surface area contributed by atoms with Gasteiger partial charge in [-0.05, 0) is 18.6 Å². The third-order valence-electron chi connectivity index (χ3n) is 3.38. The van der Waals surface area contributed by atoms with Crippen LogP contribution in [0.2, 0.25) is 0 Å². The number of hydrogen-bond acceptors (Lipinski definition) is 3. The third-order valence-corrected chi connectivity index (χ3v) is 3.87. The van der Waals surface area contributed by atoms with Gasteiger partial charge in [0, 0.05) is 11.6 Å². The van der Waals surface area contributed by atoms with Crippen LogP contribution in [0.25, 0.3) is 0 Å². The first-order valence-corrected chi connectivity index (χ1v) is 7.05. The molecule has 0 aromatic heterocycles. The number of halogens is 1. The van der Waals surface area contributed by atoms with Crippen molar-refractivity contribution in [3.05, 3.63) is 53.1 Å². The van der Waals surface area contributed by atoms with Crippen LogP contribution in [0.3, 0.4) is 0 Å². The normalized spacial score (nSPS) is 11.9. The number of methoxy groups -OCH3 is 3. The van der Waals surface area contributed by atoms with Gasteiger partial charge in [0.05, 0.1) is 26.7 Å². The van der Waals surface area contributed by atoms with Crippen LogP contribution in [0.4, 0.5) is 0 Å². The number of alkyl halides is 1. The van der Waals surface area contributed by atoms with Gasteiger partial charge in [0.1, 0.15) is 5.75 Å². The molecule has 0 amide bonds. The maximum atomic E-state index is 6.62. The van der Waals surface area contributed by atoms with Gasteiger partial charge >= 0.3 is 0 Å². The highest BCUT2D eigenvalue weighted by Gasteiger charge is 2.19. The molecule has 2 aromatic rings. The number of ether oxygens (including phenoxy) is 3. The van der Waals surface area contributed by atoms with Crippen LogP contribution in [0.5, 0.6) is 17.2 Å². The Hall–Kier alpha value is -1.87. The third kappa shape index (κ3) is 3.24. The van der Waals surface area contributed by atoms with Crippen LogP contribution in [0, 0.1) is 6.92 Å². The topological polar surface area (TPSA) is 27.7 Å². The molecule has 2 rings (SSSR count). The summed E-state index contributed by atoms with van der Waals surface area (Å²) in [4.78, 5) is 0. The fourth-order valence-electron chi connectivity index (χ4n) is 2.17. The lowest BCUT2D eigenvalue weighted by Gasteiger charge is -2.18. The summed E-state index contributed by atoms with van der Waals surface area (Å²) >= 11 is 6.62. The summed E-state index contributed by atoms with van der Waals surface area (Å²) in [7, 11) is 4.81. The van der Waals surface area contributed by atoms with E-state index in [-0.39, 0.29) is 5.38 Å². The van der Waals surface area contributed by atoms with Crippen LogP contribution in [0.1, 0.15) is 22.1 Å². The fraction of sp³-hybridized carbons (Fsp3) is 0.294. The Morgan fingerprint density at radius 3 is 1.86 bits per heavy atom. The van der Waals surface area contributed by atoms with E-state index in [9.17, 15) is 0 Å². The highest BCUT2D eigenvalue weighted by Crippen LogP contribution is 2.41. The zero-order valence-corrected chi connectivity index (χ0v) is 13.4. The molecule has 112 valence electrons. The van der Waals surface area contributed by atoms with E-state index in [0.717, 1.165) is 11.1 Å². The average Bonchev–Trinajstić information content (AvgIpc) is 2.53. The second-order valence-corrected chi connectivity index (χ2v) is 5.16. The lowest BCUT2D eigenvalue weighted by Crippen LogP contribution is -2.00. The smallest absolute Gasteiger partial charge is 0.164 e. The van der Waals surface area contributed by atoms with E-state index in [0.29, 0.717) is 17.2 Å². The number of aryl methyl sites for hydroxylation is 1. The van der Waals surface area contributed by atoms with Gasteiger partial charge in [0.25, 0.3) is 0 Å². The van der Waals surface area contributed by atoms with Crippen molar-refractivity contribution in [3.8, 4) is 17.2 Å². The molecule has 0 saturated carbocycles. The minimum Gasteiger partial charge on any atom is -0.496 e. The van der Waals surface area contributed by atoms with Crippen molar-refractivity contribution >= 4 is 11.6 Å². The van der Waals surface area contributed by atoms with Gasteiger partial charge in [0.2, 0.25) is 0 Å². The summed E-state index contributed by atoms with van der Waals surface area (Å²) in [5.74, 6) is 1.92. The van der Waals surface area contributed by atoms with Gasteiger partial charge in [-0.2, -0.15) is 0 Å². The zero-order valence-electron chi connectivity index (χ0n) is 12.6. The van der Waals surface area contributed by atoms with Crippen LogP contribution < -0.4 is 14.2 Å². The van der Waals surface area contributed by atoms with Crippen molar-refractivity contribution in [1.29, 1.82) is 0 Å². The van der Waals surface area contributed by atoms with Gasteiger partial charge in [-0.25, -0.2) is 0 Å². The van der Waals surface area contributed by atoms with Crippen LogP contribution in [0.15, 0.2) is 36.4 Å². The van der Waals surface area contributed by atoms with E-state index in [4.69, 9.17) is 25.8 Å². The molecule has 0 bridgehead atoms. The first kappa shape index (κ1) is 15.5. The minimum absolute atomic E-state index is 0.319. The maximum absolute atomic E-state index is 6.62. The maximum Gasteiger partial charge on any atom is 0.164 e. The Morgan fingerprint density at radius 1 is 0.810 bits per heavy atom. The summed E-state index contributed by atoms with van der Waals surface area (Å²) in [6.07, 6.45) is 0. The molecule has 0 aliphatic carbocycles. The monoisotopic (exact) mass is 306 g/mol. The summed E-state index contributed by atoms with van der Waals surface area (Å²) in [6, 6.07) is 11.8. The summed E-state index contributed by atoms with van der Waals surface area (Å²) in [6.45, 7) is 2.05. The Balaban J connectivity index is 2.48. The molecule has 1 atom stereocenters. The molecule has 0 radical (unpaired) electrons. The Labute approximate surface area is 130 Å². The van der Waals surface area contributed by atoms with Crippen molar-refractivity contribution in [3.63, 3.8) is 0 Å². The lowest BCUT2D eigenvalue weighted by atomic mass is 10.0. The molecule has 0 N–H and O–H groups in total. The minimum atomic E-state index is -0.319. The van der Waals surface area contributed by atoms with Crippen molar-refractivity contribution in [2.75, 3.05) is 21.3 Å². The molecule has 0 aliphatic heterocycles. The predicted octanol–water partition coefficient (Wildman–Crippen LogP) is 4.35. The molecule has 0 aliphatic rings. The summed E-state index contributed by atoms with van der Waals surface area (Å²) < 4.78 is 16.1. The number of rotatable bonds is 5. The average molecular weight is 307 g/mol. The lowest BCUT2D eigenvalue weighted by molar-refractivity contribution is 0.347. The highest BCUT2D eigenvalue weighted by molar-refractivity contribution is 6.22. The first-order valence-electron chi connectivity index (χ1n) is 6.61. The molecule has 0 heterocycles. The molecule has 0 saturated heterocycles. The Bertz CT molecular complexity index is 608. The van der Waals surface area contributed by atoms with Gasteiger partial charge < -0.3 is 14.2 Å². The van der Waals surface area contributed by atoms with E-state index in [1.807, 2.05) is 37.3 Å². The van der Waals surface area contributed by atoms with E-state index < -0.39 is 0 Å². The largest absolute Gasteiger partial charge is 0.496 e. The number of hydrogen-bond donors (Lipinski definition) is 0. The Morgan fingerprint density at radius 2 is 1.33 bits per heavy atom. The van der Waals surface area contributed by atoms with Crippen LogP contribution in [-0.4, -0.2) is 21.3 Å². The van der Waals surface area contributed by atoms with Crippen LogP contribution in [-0.2, 0) is 0 Å². The molecular formula is C17H19ClO3. The molecule has 1 unspecified atom stereocenters. The van der Waals surface area contributed by atoms with Gasteiger partial charge in [-0.15, -0.1) is 11.6 Å². The van der Waals surface area contributed by atoms with E-state index >= 15 is 0 Å². The van der Waals surface area contributed by atoms with Crippen molar-refractivity contribution in [2.24, 2.45) is 0 Å². The molecular weight excluding hydrogens is 288 g/mol. The van der Waals surface area contributed by atoms with Crippen molar-refractivity contribution < 1.29 is 14.2 Å². The van der Waals surface area contributed by atoms with Gasteiger partial charge in [-0.3, -0.25) is 0 Å². The van der Waals surface area contributed by atoms with Crippen molar-refractivity contribution in [1.82, 2.24) is 0 Å². The fourth-order valence-corrected chi connectivity index (χ4v) is 2.48. The molecule has 3 nitrogen and oxygen atoms in total. The zero-order chi connectivity index (χ0) is 15.4. The SMILES string of the molecule is COc1cc(OC)c(C(Cl)c2ccc(C)cc2)cc1OC. The Kier molecular flexibility index (Phi) is 4.97. The predicted molar refractivity (Wildman–Crippen MR) is 85.0 cm³/mol. The van der Waals surface area contributed by atoms with Gasteiger partial charge in [0.15, 0.2) is 11.5 Å². The molecule has 2 aromatic carbocycles. The van der Waals surface area contributed by atoms with Gasteiger partial charge in [-0.1, -0.05) is 29.8 Å². The van der Waals surface area contributed by atoms with E-state index in [2.05, 4.69) is 0 Å². The molecule has 0 fully saturated rings. The second-order valence-electron chi connectivity index (χ2n) is 4.72. The highest BCUT2D eigenvalue weighted by atomic mass is 35.5. The summed E-state index contributed by atoms with van der Waals surface area (Å²) in [5.41, 5.74) is 3.05.